The fourth-order valence-electron chi connectivity index (χ4n) is 4.47. The Morgan fingerprint density at radius 3 is 2.46 bits per heavy atom. The van der Waals surface area contributed by atoms with Crippen LogP contribution in [-0.4, -0.2) is 94.0 Å². The van der Waals surface area contributed by atoms with Crippen molar-refractivity contribution in [1.29, 1.82) is 0 Å². The zero-order chi connectivity index (χ0) is 30.0. The number of halogens is 2. The molecule has 2 aromatic rings. The van der Waals surface area contributed by atoms with Crippen molar-refractivity contribution in [2.75, 3.05) is 26.2 Å². The van der Waals surface area contributed by atoms with Crippen molar-refractivity contribution >= 4 is 36.8 Å². The molecule has 0 aliphatic carbocycles. The molecule has 41 heavy (non-hydrogen) atoms. The van der Waals surface area contributed by atoms with Gasteiger partial charge >= 0.3 is 30.9 Å². The Labute approximate surface area is 230 Å². The van der Waals surface area contributed by atoms with Gasteiger partial charge in [0.25, 0.3) is 0 Å². The number of phenolic OH excluding ortho intramolecular Hbond substituents is 1. The minimum absolute atomic E-state index is 0.0438. The van der Waals surface area contributed by atoms with E-state index in [1.54, 1.807) is 0 Å². The van der Waals surface area contributed by atoms with Crippen LogP contribution < -0.4 is 21.0 Å². The van der Waals surface area contributed by atoms with Gasteiger partial charge < -0.3 is 41.2 Å². The number of aromatic hydroxyl groups is 1. The summed E-state index contributed by atoms with van der Waals surface area (Å²) in [6.07, 6.45) is -0.127. The van der Waals surface area contributed by atoms with Crippen LogP contribution in [0, 0.1) is 11.6 Å². The van der Waals surface area contributed by atoms with Crippen LogP contribution >= 0.6 is 0 Å². The zero-order valence-corrected chi connectivity index (χ0v) is 21.2. The number of benzene rings is 2. The van der Waals surface area contributed by atoms with Crippen molar-refractivity contribution in [3.63, 3.8) is 0 Å². The van der Waals surface area contributed by atoms with Crippen molar-refractivity contribution in [1.82, 2.24) is 20.4 Å². The lowest BCUT2D eigenvalue weighted by molar-refractivity contribution is -0.153. The highest BCUT2D eigenvalue weighted by Crippen LogP contribution is 2.31. The number of amides is 5. The second-order valence-electron chi connectivity index (χ2n) is 9.18. The molecule has 4 rings (SSSR count). The maximum Gasteiger partial charge on any atom is 0.547 e. The van der Waals surface area contributed by atoms with Crippen LogP contribution in [0.4, 0.5) is 13.6 Å². The van der Waals surface area contributed by atoms with Crippen molar-refractivity contribution < 1.29 is 52.6 Å². The molecule has 5 amide bonds. The number of hydrogen-bond acceptors (Lipinski definition) is 9. The molecular weight excluding hydrogens is 551 g/mol. The lowest BCUT2D eigenvalue weighted by Gasteiger charge is -2.33. The van der Waals surface area contributed by atoms with Gasteiger partial charge in [0, 0.05) is 26.2 Å². The molecule has 2 aromatic carbocycles. The topological polar surface area (TPSA) is 212 Å². The summed E-state index contributed by atoms with van der Waals surface area (Å²) < 4.78 is 33.7. The summed E-state index contributed by atoms with van der Waals surface area (Å²) in [5.74, 6) is -10.2. The standard InChI is InChI=1S/C24H24BF2N5O9/c26-14-8-12(9-15(27)18(14)33)17(30-24(39)32-7-6-31(5-4-28)21(35)22(32)36)20(34)29-16-10-11-2-1-3-13(23(37)38)19(11)41-25(16)40/h1-3,8-9,16-17,33,40H,4-7,10,28H2,(H,29,34)(H,30,39)(H,37,38)/t16-,17+/m0/s1. The van der Waals surface area contributed by atoms with Crippen LogP contribution in [0.25, 0.3) is 0 Å². The average Bonchev–Trinajstić information content (AvgIpc) is 2.92. The first-order valence-corrected chi connectivity index (χ1v) is 12.2. The van der Waals surface area contributed by atoms with E-state index >= 15 is 0 Å². The molecule has 2 atom stereocenters. The quantitative estimate of drug-likeness (QED) is 0.173. The first kappa shape index (κ1) is 29.2. The molecule has 216 valence electrons. The van der Waals surface area contributed by atoms with E-state index in [9.17, 15) is 48.0 Å². The van der Waals surface area contributed by atoms with Gasteiger partial charge in [0.1, 0.15) is 11.8 Å². The largest absolute Gasteiger partial charge is 0.547 e. The van der Waals surface area contributed by atoms with Gasteiger partial charge in [-0.1, -0.05) is 12.1 Å². The molecule has 2 aliphatic heterocycles. The van der Waals surface area contributed by atoms with Crippen molar-refractivity contribution in [3.8, 4) is 11.5 Å². The van der Waals surface area contributed by atoms with E-state index in [1.807, 2.05) is 0 Å². The lowest BCUT2D eigenvalue weighted by Crippen LogP contribution is -2.60. The highest BCUT2D eigenvalue weighted by Gasteiger charge is 2.41. The monoisotopic (exact) mass is 575 g/mol. The van der Waals surface area contributed by atoms with E-state index in [1.165, 1.54) is 18.2 Å². The summed E-state index contributed by atoms with van der Waals surface area (Å²) in [4.78, 5) is 64.4. The summed E-state index contributed by atoms with van der Waals surface area (Å²) in [5, 5.41) is 33.9. The number of para-hydroxylation sites is 1. The van der Waals surface area contributed by atoms with Crippen LogP contribution in [0.15, 0.2) is 30.3 Å². The minimum Gasteiger partial charge on any atom is -0.534 e. The van der Waals surface area contributed by atoms with Gasteiger partial charge in [0.05, 0.1) is 11.5 Å². The van der Waals surface area contributed by atoms with E-state index in [0.29, 0.717) is 22.6 Å². The molecule has 0 radical (unpaired) electrons. The van der Waals surface area contributed by atoms with E-state index in [-0.39, 0.29) is 43.9 Å². The first-order chi connectivity index (χ1) is 19.4. The number of carbonyl (C=O) groups excluding carboxylic acids is 4. The molecular formula is C24H24BF2N5O9. The Balaban J connectivity index is 1.59. The van der Waals surface area contributed by atoms with Crippen molar-refractivity contribution in [2.24, 2.45) is 5.73 Å². The minimum atomic E-state index is -1.89. The molecule has 17 heteroatoms. The molecule has 7 N–H and O–H groups in total. The molecule has 1 saturated heterocycles. The van der Waals surface area contributed by atoms with Crippen LogP contribution in [0.3, 0.4) is 0 Å². The third-order valence-electron chi connectivity index (χ3n) is 6.53. The van der Waals surface area contributed by atoms with Gasteiger partial charge in [-0.25, -0.2) is 18.4 Å². The summed E-state index contributed by atoms with van der Waals surface area (Å²) >= 11 is 0. The number of fused-ring (bicyclic) bond motifs is 1. The molecule has 14 nitrogen and oxygen atoms in total. The Hall–Kier alpha value is -4.77. The maximum absolute atomic E-state index is 14.2. The first-order valence-electron chi connectivity index (χ1n) is 12.2. The molecule has 0 spiro atoms. The summed E-state index contributed by atoms with van der Waals surface area (Å²) in [5.41, 5.74) is 5.03. The molecule has 0 saturated carbocycles. The number of aromatic carboxylic acids is 1. The van der Waals surface area contributed by atoms with Crippen LogP contribution in [0.5, 0.6) is 11.5 Å². The molecule has 0 unspecified atom stereocenters. The molecule has 2 aliphatic rings. The van der Waals surface area contributed by atoms with Crippen LogP contribution in [0.2, 0.25) is 0 Å². The third-order valence-corrected chi connectivity index (χ3v) is 6.53. The third kappa shape index (κ3) is 5.90. The Kier molecular flexibility index (Phi) is 8.39. The summed E-state index contributed by atoms with van der Waals surface area (Å²) in [6, 6.07) is 2.23. The Bertz CT molecular complexity index is 1400. The highest BCUT2D eigenvalue weighted by atomic mass is 19.1. The fraction of sp³-hybridized carbons (Fsp3) is 0.292. The zero-order valence-electron chi connectivity index (χ0n) is 21.2. The number of imide groups is 1. The second kappa shape index (κ2) is 11.8. The maximum atomic E-state index is 14.2. The predicted octanol–water partition coefficient (Wildman–Crippen LogP) is -1.11. The predicted molar refractivity (Wildman–Crippen MR) is 134 cm³/mol. The molecule has 0 aromatic heterocycles. The SMILES string of the molecule is NCCN1CCN(C(=O)N[C@@H](C(=O)N[C@H]2Cc3cccc(C(=O)O)c3OB2O)c2cc(F)c(O)c(F)c2)C(=O)C1=O. The van der Waals surface area contributed by atoms with E-state index in [2.05, 4.69) is 10.6 Å². The van der Waals surface area contributed by atoms with Gasteiger partial charge in [-0.15, -0.1) is 0 Å². The number of carbonyl (C=O) groups is 5. The summed E-state index contributed by atoms with van der Waals surface area (Å²) in [6.45, 7) is -0.164. The number of nitrogens with zero attached hydrogens (tertiary/aromatic N) is 2. The number of hydrogen-bond donors (Lipinski definition) is 6. The molecule has 0 bridgehead atoms. The Morgan fingerprint density at radius 2 is 1.83 bits per heavy atom. The van der Waals surface area contributed by atoms with E-state index in [0.717, 1.165) is 4.90 Å². The number of carboxylic acid groups (broad SMARTS) is 1. The molecule has 1 fully saturated rings. The number of nitrogens with one attached hydrogen (secondary N) is 2. The Morgan fingerprint density at radius 1 is 1.15 bits per heavy atom. The highest BCUT2D eigenvalue weighted by molar-refractivity contribution is 6.47. The fourth-order valence-corrected chi connectivity index (χ4v) is 4.47. The second-order valence-corrected chi connectivity index (χ2v) is 9.18. The number of phenols is 1. The number of piperazine rings is 1. The van der Waals surface area contributed by atoms with Gasteiger partial charge in [0.2, 0.25) is 5.91 Å². The van der Waals surface area contributed by atoms with Gasteiger partial charge in [-0.3, -0.25) is 19.3 Å². The summed E-state index contributed by atoms with van der Waals surface area (Å²) in [7, 11) is -1.76. The van der Waals surface area contributed by atoms with Crippen molar-refractivity contribution in [2.45, 2.75) is 18.4 Å². The lowest BCUT2D eigenvalue weighted by atomic mass is 9.72. The van der Waals surface area contributed by atoms with Crippen LogP contribution in [0.1, 0.15) is 27.5 Å². The smallest absolute Gasteiger partial charge is 0.534 e. The van der Waals surface area contributed by atoms with E-state index in [4.69, 9.17) is 10.4 Å². The van der Waals surface area contributed by atoms with Gasteiger partial charge in [0.15, 0.2) is 17.4 Å². The number of nitrogens with two attached hydrogens (primary N) is 1. The normalized spacial score (nSPS) is 17.5. The number of rotatable bonds is 7. The molecule has 2 heterocycles. The van der Waals surface area contributed by atoms with Crippen LogP contribution in [-0.2, 0) is 20.8 Å². The van der Waals surface area contributed by atoms with Gasteiger partial charge in [-0.05, 0) is 35.7 Å². The number of carboxylic acids is 1. The average molecular weight is 575 g/mol. The van der Waals surface area contributed by atoms with Crippen molar-refractivity contribution in [3.05, 3.63) is 58.7 Å². The van der Waals surface area contributed by atoms with E-state index < -0.39 is 71.8 Å². The van der Waals surface area contributed by atoms with Gasteiger partial charge in [-0.2, -0.15) is 0 Å². The number of urea groups is 1.